The van der Waals surface area contributed by atoms with Gasteiger partial charge in [0, 0.05) is 4.47 Å². The van der Waals surface area contributed by atoms with Crippen molar-refractivity contribution in [2.75, 3.05) is 0 Å². The van der Waals surface area contributed by atoms with E-state index in [2.05, 4.69) is 36.7 Å². The average Bonchev–Trinajstić information content (AvgIpc) is 2.09. The molecule has 1 aromatic carbocycles. The number of carbonyl (C=O) groups is 1. The number of aldehydes is 1. The normalized spacial score (nSPS) is 11.5. The van der Waals surface area contributed by atoms with Crippen LogP contribution in [0.3, 0.4) is 0 Å². The molecular formula is C12H15BrO2. The third kappa shape index (κ3) is 2.23. The number of phenolic OH excluding ortho intramolecular Hbond substituents is 1. The molecule has 0 fully saturated rings. The summed E-state index contributed by atoms with van der Waals surface area (Å²) in [5.41, 5.74) is 2.05. The number of hydrogen-bond acceptors (Lipinski definition) is 2. The van der Waals surface area contributed by atoms with Crippen LogP contribution in [0.1, 0.15) is 42.3 Å². The minimum atomic E-state index is -0.0676. The molecule has 1 aromatic rings. The molecule has 2 nitrogen and oxygen atoms in total. The molecule has 1 N–H and O–H groups in total. The van der Waals surface area contributed by atoms with Crippen molar-refractivity contribution in [3.63, 3.8) is 0 Å². The number of hydrogen-bond donors (Lipinski definition) is 1. The van der Waals surface area contributed by atoms with Gasteiger partial charge in [-0.25, -0.2) is 0 Å². The molecule has 0 radical (unpaired) electrons. The van der Waals surface area contributed by atoms with Gasteiger partial charge in [0.1, 0.15) is 5.75 Å². The highest BCUT2D eigenvalue weighted by Gasteiger charge is 2.23. The quantitative estimate of drug-likeness (QED) is 0.793. The number of rotatable bonds is 1. The van der Waals surface area contributed by atoms with E-state index < -0.39 is 0 Å². The number of halogens is 1. The van der Waals surface area contributed by atoms with Crippen LogP contribution >= 0.6 is 15.9 Å². The Labute approximate surface area is 98.4 Å². The molecule has 3 heteroatoms. The Morgan fingerprint density at radius 3 is 2.33 bits per heavy atom. The molecule has 0 bridgehead atoms. The predicted molar refractivity (Wildman–Crippen MR) is 64.6 cm³/mol. The maximum absolute atomic E-state index is 10.7. The fourth-order valence-electron chi connectivity index (χ4n) is 1.80. The lowest BCUT2D eigenvalue weighted by Crippen LogP contribution is -2.14. The van der Waals surface area contributed by atoms with Crippen LogP contribution in [0.2, 0.25) is 0 Å². The molecule has 0 aromatic heterocycles. The third-order valence-electron chi connectivity index (χ3n) is 2.40. The summed E-state index contributed by atoms with van der Waals surface area (Å²) in [6.45, 7) is 8.04. The van der Waals surface area contributed by atoms with Crippen LogP contribution in [0, 0.1) is 6.92 Å². The zero-order valence-corrected chi connectivity index (χ0v) is 11.0. The van der Waals surface area contributed by atoms with E-state index in [1.807, 2.05) is 6.92 Å². The highest BCUT2D eigenvalue weighted by Crippen LogP contribution is 2.38. The Balaban J connectivity index is 3.57. The van der Waals surface area contributed by atoms with Gasteiger partial charge in [0.15, 0.2) is 6.29 Å². The summed E-state index contributed by atoms with van der Waals surface area (Å²) in [5.74, 6) is 0.0816. The summed E-state index contributed by atoms with van der Waals surface area (Å²) < 4.78 is 0.868. The molecule has 0 aliphatic heterocycles. The second-order valence-corrected chi connectivity index (χ2v) is 5.52. The molecule has 0 unspecified atom stereocenters. The van der Waals surface area contributed by atoms with Crippen LogP contribution in [-0.4, -0.2) is 11.4 Å². The van der Waals surface area contributed by atoms with Gasteiger partial charge < -0.3 is 5.11 Å². The van der Waals surface area contributed by atoms with Gasteiger partial charge in [-0.1, -0.05) is 36.7 Å². The summed E-state index contributed by atoms with van der Waals surface area (Å²) >= 11 is 3.44. The largest absolute Gasteiger partial charge is 0.507 e. The van der Waals surface area contributed by atoms with E-state index in [0.717, 1.165) is 15.6 Å². The fourth-order valence-corrected chi connectivity index (χ4v) is 2.94. The molecule has 15 heavy (non-hydrogen) atoms. The molecular weight excluding hydrogens is 256 g/mol. The molecule has 82 valence electrons. The van der Waals surface area contributed by atoms with Gasteiger partial charge in [-0.05, 0) is 29.5 Å². The van der Waals surface area contributed by atoms with Gasteiger partial charge in [-0.2, -0.15) is 0 Å². The lowest BCUT2D eigenvalue weighted by Gasteiger charge is -2.24. The molecule has 0 aliphatic carbocycles. The van der Waals surface area contributed by atoms with E-state index in [9.17, 15) is 9.90 Å². The minimum absolute atomic E-state index is 0.0676. The molecule has 0 spiro atoms. The number of carbonyl (C=O) groups excluding carboxylic acids is 1. The molecule has 0 atom stereocenters. The van der Waals surface area contributed by atoms with Gasteiger partial charge >= 0.3 is 0 Å². The molecule has 0 aliphatic rings. The van der Waals surface area contributed by atoms with E-state index in [4.69, 9.17) is 0 Å². The van der Waals surface area contributed by atoms with Crippen LogP contribution in [0.4, 0.5) is 0 Å². The lowest BCUT2D eigenvalue weighted by atomic mass is 9.83. The van der Waals surface area contributed by atoms with Crippen molar-refractivity contribution in [3.8, 4) is 5.75 Å². The molecule has 1 rings (SSSR count). The Kier molecular flexibility index (Phi) is 3.24. The van der Waals surface area contributed by atoms with E-state index in [1.165, 1.54) is 0 Å². The van der Waals surface area contributed by atoms with E-state index in [1.54, 1.807) is 6.07 Å². The summed E-state index contributed by atoms with van der Waals surface area (Å²) in [6, 6.07) is 1.66. The van der Waals surface area contributed by atoms with Crippen molar-refractivity contribution in [1.82, 2.24) is 0 Å². The first-order valence-electron chi connectivity index (χ1n) is 4.76. The second kappa shape index (κ2) is 3.97. The van der Waals surface area contributed by atoms with Crippen molar-refractivity contribution in [3.05, 3.63) is 27.2 Å². The Bertz CT molecular complexity index is 403. The van der Waals surface area contributed by atoms with Crippen molar-refractivity contribution in [2.45, 2.75) is 33.1 Å². The maximum atomic E-state index is 10.7. The van der Waals surface area contributed by atoms with Crippen molar-refractivity contribution in [2.24, 2.45) is 0 Å². The van der Waals surface area contributed by atoms with Crippen LogP contribution in [0.25, 0.3) is 0 Å². The van der Waals surface area contributed by atoms with E-state index >= 15 is 0 Å². The molecule has 0 saturated carbocycles. The van der Waals surface area contributed by atoms with Crippen molar-refractivity contribution in [1.29, 1.82) is 0 Å². The van der Waals surface area contributed by atoms with Gasteiger partial charge in [-0.15, -0.1) is 0 Å². The topological polar surface area (TPSA) is 37.3 Å². The zero-order valence-electron chi connectivity index (χ0n) is 9.39. The van der Waals surface area contributed by atoms with Gasteiger partial charge in [0.25, 0.3) is 0 Å². The van der Waals surface area contributed by atoms with Crippen LogP contribution < -0.4 is 0 Å². The Morgan fingerprint density at radius 1 is 1.40 bits per heavy atom. The molecule has 0 heterocycles. The summed E-state index contributed by atoms with van der Waals surface area (Å²) in [5, 5.41) is 9.81. The first kappa shape index (κ1) is 12.2. The Morgan fingerprint density at radius 2 is 1.93 bits per heavy atom. The minimum Gasteiger partial charge on any atom is -0.507 e. The zero-order chi connectivity index (χ0) is 11.8. The number of benzene rings is 1. The first-order valence-corrected chi connectivity index (χ1v) is 5.56. The fraction of sp³-hybridized carbons (Fsp3) is 0.417. The number of phenols is 1. The van der Waals surface area contributed by atoms with Gasteiger partial charge in [-0.3, -0.25) is 4.79 Å². The predicted octanol–water partition coefficient (Wildman–Crippen LogP) is 3.57. The summed E-state index contributed by atoms with van der Waals surface area (Å²) in [4.78, 5) is 10.7. The molecule has 0 amide bonds. The monoisotopic (exact) mass is 270 g/mol. The van der Waals surface area contributed by atoms with Crippen molar-refractivity contribution >= 4 is 22.2 Å². The molecule has 0 saturated heterocycles. The highest BCUT2D eigenvalue weighted by molar-refractivity contribution is 9.10. The lowest BCUT2D eigenvalue weighted by molar-refractivity contribution is 0.112. The average molecular weight is 271 g/mol. The smallest absolute Gasteiger partial charge is 0.153 e. The number of aromatic hydroxyl groups is 1. The van der Waals surface area contributed by atoms with Crippen LogP contribution in [-0.2, 0) is 5.41 Å². The van der Waals surface area contributed by atoms with E-state index in [0.29, 0.717) is 11.8 Å². The highest BCUT2D eigenvalue weighted by atomic mass is 79.9. The second-order valence-electron chi connectivity index (χ2n) is 4.66. The van der Waals surface area contributed by atoms with Gasteiger partial charge in [0.05, 0.1) is 5.56 Å². The van der Waals surface area contributed by atoms with Crippen molar-refractivity contribution < 1.29 is 9.90 Å². The standard InChI is InChI=1S/C12H15BrO2/c1-7-10(12(2,3)4)9(13)5-8(6-14)11(7)15/h5-6,15H,1-4H3. The van der Waals surface area contributed by atoms with Crippen LogP contribution in [0.15, 0.2) is 10.5 Å². The van der Waals surface area contributed by atoms with Gasteiger partial charge in [0.2, 0.25) is 0 Å². The SMILES string of the molecule is Cc1c(O)c(C=O)cc(Br)c1C(C)(C)C. The van der Waals surface area contributed by atoms with E-state index in [-0.39, 0.29) is 11.2 Å². The third-order valence-corrected chi connectivity index (χ3v) is 3.03. The maximum Gasteiger partial charge on any atom is 0.153 e. The summed E-state index contributed by atoms with van der Waals surface area (Å²) in [7, 11) is 0. The Hall–Kier alpha value is -0.830. The summed E-state index contributed by atoms with van der Waals surface area (Å²) in [6.07, 6.45) is 0.666. The first-order chi connectivity index (χ1) is 6.79. The van der Waals surface area contributed by atoms with Crippen LogP contribution in [0.5, 0.6) is 5.75 Å².